The van der Waals surface area contributed by atoms with E-state index in [4.69, 9.17) is 0 Å². The third-order valence-electron chi connectivity index (χ3n) is 6.12. The molecule has 1 aromatic rings. The van der Waals surface area contributed by atoms with Crippen LogP contribution in [-0.4, -0.2) is 97.0 Å². The smallest absolute Gasteiger partial charge is 0.239 e. The molecule has 2 aliphatic heterocycles. The summed E-state index contributed by atoms with van der Waals surface area (Å²) in [6.07, 6.45) is 0.974. The average Bonchev–Trinajstić information content (AvgIpc) is 2.97. The molecule has 31 heavy (non-hydrogen) atoms. The third-order valence-corrected chi connectivity index (χ3v) is 6.12. The molecule has 2 amide bonds. The second-order valence-corrected chi connectivity index (χ2v) is 9.79. The van der Waals surface area contributed by atoms with Crippen LogP contribution in [0, 0.1) is 0 Å². The van der Waals surface area contributed by atoms with Gasteiger partial charge < -0.3 is 15.1 Å². The number of carbonyl (C=O) groups excluding carboxylic acids is 2. The molecule has 2 fully saturated rings. The van der Waals surface area contributed by atoms with Crippen LogP contribution >= 0.6 is 0 Å². The molecule has 7 heteroatoms. The van der Waals surface area contributed by atoms with Crippen molar-refractivity contribution in [1.29, 1.82) is 0 Å². The van der Waals surface area contributed by atoms with Gasteiger partial charge in [0.15, 0.2) is 0 Å². The van der Waals surface area contributed by atoms with Gasteiger partial charge in [-0.05, 0) is 52.8 Å². The first-order valence-electron chi connectivity index (χ1n) is 11.6. The lowest BCUT2D eigenvalue weighted by atomic mass is 10.1. The Bertz CT molecular complexity index is 725. The van der Waals surface area contributed by atoms with Gasteiger partial charge in [0.2, 0.25) is 11.8 Å². The van der Waals surface area contributed by atoms with Crippen molar-refractivity contribution in [3.8, 4) is 0 Å². The van der Waals surface area contributed by atoms with E-state index >= 15 is 0 Å². The number of benzene rings is 1. The first-order chi connectivity index (χ1) is 14.7. The van der Waals surface area contributed by atoms with Gasteiger partial charge in [-0.1, -0.05) is 18.2 Å². The Morgan fingerprint density at radius 3 is 2.26 bits per heavy atom. The maximum absolute atomic E-state index is 13.2. The van der Waals surface area contributed by atoms with E-state index in [1.807, 2.05) is 38.7 Å². The van der Waals surface area contributed by atoms with Crippen LogP contribution in [0.4, 0.5) is 5.69 Å². The second-order valence-electron chi connectivity index (χ2n) is 9.79. The van der Waals surface area contributed by atoms with Gasteiger partial charge in [0.05, 0.1) is 12.6 Å². The molecule has 172 valence electrons. The minimum Gasteiger partial charge on any atom is -0.368 e. The van der Waals surface area contributed by atoms with Gasteiger partial charge in [-0.2, -0.15) is 0 Å². The Morgan fingerprint density at radius 2 is 1.61 bits per heavy atom. The molecular formula is C24H39N5O2. The molecule has 2 aliphatic rings. The monoisotopic (exact) mass is 429 g/mol. The Morgan fingerprint density at radius 1 is 0.935 bits per heavy atom. The van der Waals surface area contributed by atoms with Gasteiger partial charge in [0, 0.05) is 57.0 Å². The van der Waals surface area contributed by atoms with Crippen molar-refractivity contribution in [3.05, 3.63) is 30.3 Å². The quantitative estimate of drug-likeness (QED) is 0.771. The molecule has 1 aromatic carbocycles. The highest BCUT2D eigenvalue weighted by Crippen LogP contribution is 2.17. The molecule has 0 spiro atoms. The summed E-state index contributed by atoms with van der Waals surface area (Å²) in [5.74, 6) is 0.299. The number of hydrogen-bond acceptors (Lipinski definition) is 5. The number of amides is 2. The zero-order valence-electron chi connectivity index (χ0n) is 19.6. The fourth-order valence-electron chi connectivity index (χ4n) is 4.44. The summed E-state index contributed by atoms with van der Waals surface area (Å²) < 4.78 is 0. The molecule has 2 saturated heterocycles. The topological polar surface area (TPSA) is 59.1 Å². The SMILES string of the molecule is CC(C(=O)N1CCN(c2ccccc2)CC1)N1CCCN(CC(=O)NC(C)(C)C)CC1. The van der Waals surface area contributed by atoms with Crippen LogP contribution in [0.5, 0.6) is 0 Å². The normalized spacial score (nSPS) is 20.3. The summed E-state index contributed by atoms with van der Waals surface area (Å²) in [5.41, 5.74) is 1.02. The Kier molecular flexibility index (Phi) is 7.94. The summed E-state index contributed by atoms with van der Waals surface area (Å²) in [4.78, 5) is 34.3. The van der Waals surface area contributed by atoms with Gasteiger partial charge in [-0.25, -0.2) is 0 Å². The van der Waals surface area contributed by atoms with Gasteiger partial charge >= 0.3 is 0 Å². The number of nitrogens with zero attached hydrogens (tertiary/aromatic N) is 4. The predicted molar refractivity (Wildman–Crippen MR) is 125 cm³/mol. The lowest BCUT2D eigenvalue weighted by Crippen LogP contribution is -2.54. The summed E-state index contributed by atoms with van der Waals surface area (Å²) >= 11 is 0. The summed E-state index contributed by atoms with van der Waals surface area (Å²) in [7, 11) is 0. The summed E-state index contributed by atoms with van der Waals surface area (Å²) in [6.45, 7) is 15.2. The van der Waals surface area contributed by atoms with Crippen molar-refractivity contribution in [3.63, 3.8) is 0 Å². The fraction of sp³-hybridized carbons (Fsp3) is 0.667. The van der Waals surface area contributed by atoms with E-state index in [2.05, 4.69) is 44.3 Å². The van der Waals surface area contributed by atoms with E-state index in [0.717, 1.165) is 58.8 Å². The van der Waals surface area contributed by atoms with E-state index in [0.29, 0.717) is 6.54 Å². The molecule has 1 atom stereocenters. The lowest BCUT2D eigenvalue weighted by Gasteiger charge is -2.39. The molecule has 0 aromatic heterocycles. The minimum absolute atomic E-state index is 0.0707. The first kappa shape index (κ1) is 23.5. The van der Waals surface area contributed by atoms with Crippen molar-refractivity contribution in [1.82, 2.24) is 20.0 Å². The maximum Gasteiger partial charge on any atom is 0.239 e. The molecule has 1 unspecified atom stereocenters. The number of anilines is 1. The number of nitrogens with one attached hydrogen (secondary N) is 1. The molecule has 0 saturated carbocycles. The second kappa shape index (κ2) is 10.5. The average molecular weight is 430 g/mol. The zero-order chi connectivity index (χ0) is 22.4. The fourth-order valence-corrected chi connectivity index (χ4v) is 4.44. The van der Waals surface area contributed by atoms with Gasteiger partial charge in [-0.15, -0.1) is 0 Å². The number of rotatable bonds is 5. The number of para-hydroxylation sites is 1. The van der Waals surface area contributed by atoms with Crippen LogP contribution < -0.4 is 10.2 Å². The van der Waals surface area contributed by atoms with Crippen molar-refractivity contribution in [2.24, 2.45) is 0 Å². The molecule has 1 N–H and O–H groups in total. The van der Waals surface area contributed by atoms with Gasteiger partial charge in [-0.3, -0.25) is 19.4 Å². The molecule has 7 nitrogen and oxygen atoms in total. The third kappa shape index (κ3) is 6.94. The van der Waals surface area contributed by atoms with E-state index in [1.165, 1.54) is 5.69 Å². The minimum atomic E-state index is -0.208. The van der Waals surface area contributed by atoms with E-state index < -0.39 is 0 Å². The van der Waals surface area contributed by atoms with E-state index in [9.17, 15) is 9.59 Å². The summed E-state index contributed by atoms with van der Waals surface area (Å²) in [6, 6.07) is 10.3. The maximum atomic E-state index is 13.2. The predicted octanol–water partition coefficient (Wildman–Crippen LogP) is 1.65. The van der Waals surface area contributed by atoms with Crippen molar-refractivity contribution in [2.45, 2.75) is 45.7 Å². The van der Waals surface area contributed by atoms with Crippen LogP contribution in [0.25, 0.3) is 0 Å². The highest BCUT2D eigenvalue weighted by Gasteiger charge is 2.30. The van der Waals surface area contributed by atoms with Crippen LogP contribution in [0.15, 0.2) is 30.3 Å². The van der Waals surface area contributed by atoms with Crippen molar-refractivity contribution in [2.75, 3.05) is 63.8 Å². The molecule has 0 bridgehead atoms. The zero-order valence-corrected chi connectivity index (χ0v) is 19.6. The summed E-state index contributed by atoms with van der Waals surface area (Å²) in [5, 5.41) is 3.04. The highest BCUT2D eigenvalue weighted by molar-refractivity contribution is 5.82. The van der Waals surface area contributed by atoms with E-state index in [-0.39, 0.29) is 23.4 Å². The Hall–Kier alpha value is -2.12. The van der Waals surface area contributed by atoms with Crippen LogP contribution in [0.3, 0.4) is 0 Å². The number of hydrogen-bond donors (Lipinski definition) is 1. The van der Waals surface area contributed by atoms with Gasteiger partial charge in [0.25, 0.3) is 0 Å². The van der Waals surface area contributed by atoms with Crippen LogP contribution in [0.1, 0.15) is 34.1 Å². The molecule has 3 rings (SSSR count). The van der Waals surface area contributed by atoms with E-state index in [1.54, 1.807) is 0 Å². The van der Waals surface area contributed by atoms with Crippen molar-refractivity contribution < 1.29 is 9.59 Å². The Labute approximate surface area is 187 Å². The van der Waals surface area contributed by atoms with Crippen molar-refractivity contribution >= 4 is 17.5 Å². The molecule has 0 radical (unpaired) electrons. The standard InChI is InChI=1S/C24H39N5O2/c1-20(23(31)29-17-15-28(16-18-29)21-9-6-5-7-10-21)27-12-8-11-26(13-14-27)19-22(30)25-24(2,3)4/h5-7,9-10,20H,8,11-19H2,1-4H3,(H,25,30). The highest BCUT2D eigenvalue weighted by atomic mass is 16.2. The largest absolute Gasteiger partial charge is 0.368 e. The van der Waals surface area contributed by atoms with Gasteiger partial charge in [0.1, 0.15) is 0 Å². The van der Waals surface area contributed by atoms with Crippen LogP contribution in [-0.2, 0) is 9.59 Å². The Balaban J connectivity index is 1.46. The number of carbonyl (C=O) groups is 2. The first-order valence-corrected chi connectivity index (χ1v) is 11.6. The molecular weight excluding hydrogens is 390 g/mol. The van der Waals surface area contributed by atoms with Crippen LogP contribution in [0.2, 0.25) is 0 Å². The molecule has 0 aliphatic carbocycles. The lowest BCUT2D eigenvalue weighted by molar-refractivity contribution is -0.136. The number of piperazine rings is 1. The molecule has 2 heterocycles.